The van der Waals surface area contributed by atoms with E-state index in [-0.39, 0.29) is 16.3 Å². The lowest BCUT2D eigenvalue weighted by Crippen LogP contribution is -2.19. The lowest BCUT2D eigenvalue weighted by atomic mass is 10.3. The molecule has 0 saturated heterocycles. The highest BCUT2D eigenvalue weighted by molar-refractivity contribution is 7.93. The quantitative estimate of drug-likeness (QED) is 0.752. The van der Waals surface area contributed by atoms with E-state index in [9.17, 15) is 16.8 Å². The van der Waals surface area contributed by atoms with Crippen LogP contribution in [0.3, 0.4) is 0 Å². The Hall–Kier alpha value is -1.38. The zero-order chi connectivity index (χ0) is 13.1. The van der Waals surface area contributed by atoms with Crippen molar-refractivity contribution in [3.63, 3.8) is 0 Å². The van der Waals surface area contributed by atoms with Crippen molar-refractivity contribution >= 4 is 25.7 Å². The largest absolute Gasteiger partial charge is 0.282 e. The van der Waals surface area contributed by atoms with Crippen LogP contribution in [0.2, 0.25) is 0 Å². The molecular weight excluding hydrogens is 264 g/mol. The first-order valence-corrected chi connectivity index (χ1v) is 7.69. The van der Waals surface area contributed by atoms with Crippen molar-refractivity contribution in [2.45, 2.75) is 4.90 Å². The fourth-order valence-electron chi connectivity index (χ4n) is 1.16. The molecule has 8 heteroatoms. The number of nitrogens with two attached hydrogens (primary N) is 1. The Morgan fingerprint density at radius 2 is 1.82 bits per heavy atom. The number of benzene rings is 1. The van der Waals surface area contributed by atoms with E-state index >= 15 is 0 Å². The predicted octanol–water partition coefficient (Wildman–Crippen LogP) is 0.262. The van der Waals surface area contributed by atoms with Gasteiger partial charge in [0.15, 0.2) is 0 Å². The van der Waals surface area contributed by atoms with Gasteiger partial charge in [-0.1, -0.05) is 18.2 Å². The Morgan fingerprint density at radius 3 is 2.35 bits per heavy atom. The minimum Gasteiger partial charge on any atom is -0.282 e. The summed E-state index contributed by atoms with van der Waals surface area (Å²) in [6, 6.07) is 5.49. The molecule has 6 nitrogen and oxygen atoms in total. The van der Waals surface area contributed by atoms with Gasteiger partial charge in [-0.25, -0.2) is 22.0 Å². The van der Waals surface area contributed by atoms with Gasteiger partial charge in [-0.3, -0.25) is 4.72 Å². The molecule has 0 aliphatic heterocycles. The average molecular weight is 276 g/mol. The van der Waals surface area contributed by atoms with Crippen LogP contribution in [0.15, 0.2) is 41.8 Å². The Kier molecular flexibility index (Phi) is 3.91. The average Bonchev–Trinajstić information content (AvgIpc) is 2.15. The lowest BCUT2D eigenvalue weighted by molar-refractivity contribution is 0.598. The van der Waals surface area contributed by atoms with Crippen molar-refractivity contribution in [2.24, 2.45) is 5.14 Å². The van der Waals surface area contributed by atoms with Crippen LogP contribution in [0.25, 0.3) is 0 Å². The van der Waals surface area contributed by atoms with E-state index in [0.29, 0.717) is 0 Å². The van der Waals surface area contributed by atoms with Crippen LogP contribution in [-0.4, -0.2) is 22.6 Å². The van der Waals surface area contributed by atoms with E-state index in [0.717, 1.165) is 0 Å². The van der Waals surface area contributed by atoms with Gasteiger partial charge in [0.2, 0.25) is 20.0 Å². The lowest BCUT2D eigenvalue weighted by Gasteiger charge is -2.09. The molecule has 0 bridgehead atoms. The Bertz CT molecular complexity index is 620. The summed E-state index contributed by atoms with van der Waals surface area (Å²) in [6.45, 7) is 3.30. The first-order valence-electron chi connectivity index (χ1n) is 4.49. The third-order valence-electron chi connectivity index (χ3n) is 1.80. The number of hydrogen-bond donors (Lipinski definition) is 2. The number of para-hydroxylation sites is 1. The monoisotopic (exact) mass is 276 g/mol. The van der Waals surface area contributed by atoms with E-state index < -0.39 is 20.0 Å². The van der Waals surface area contributed by atoms with Gasteiger partial charge in [0.05, 0.1) is 11.4 Å². The topological polar surface area (TPSA) is 106 Å². The van der Waals surface area contributed by atoms with Crippen LogP contribution in [0.5, 0.6) is 0 Å². The molecule has 0 aromatic heterocycles. The Balaban J connectivity index is 3.21. The second-order valence-corrected chi connectivity index (χ2v) is 6.51. The van der Waals surface area contributed by atoms with Gasteiger partial charge in [-0.2, -0.15) is 0 Å². The molecule has 0 aliphatic rings. The molecule has 0 aliphatic carbocycles. The number of rotatable bonds is 5. The highest BCUT2D eigenvalue weighted by Gasteiger charge is 2.16. The maximum absolute atomic E-state index is 11.5. The van der Waals surface area contributed by atoms with E-state index in [2.05, 4.69) is 11.3 Å². The van der Waals surface area contributed by atoms with Crippen molar-refractivity contribution < 1.29 is 16.8 Å². The summed E-state index contributed by atoms with van der Waals surface area (Å²) in [5.74, 6) is -0.314. The fraction of sp³-hybridized carbons (Fsp3) is 0.111. The molecule has 0 unspecified atom stereocenters. The number of nitrogens with one attached hydrogen (secondary N) is 1. The van der Waals surface area contributed by atoms with Gasteiger partial charge in [0, 0.05) is 0 Å². The molecule has 0 radical (unpaired) electrons. The normalized spacial score (nSPS) is 12.1. The summed E-state index contributed by atoms with van der Waals surface area (Å²) < 4.78 is 47.5. The molecule has 0 heterocycles. The first-order chi connectivity index (χ1) is 7.76. The summed E-state index contributed by atoms with van der Waals surface area (Å²) in [7, 11) is -7.63. The van der Waals surface area contributed by atoms with E-state index in [4.69, 9.17) is 5.14 Å². The number of sulfonamides is 2. The predicted molar refractivity (Wildman–Crippen MR) is 65.4 cm³/mol. The number of hydrogen-bond acceptors (Lipinski definition) is 4. The summed E-state index contributed by atoms with van der Waals surface area (Å²) in [5, 5.41) is 4.97. The van der Waals surface area contributed by atoms with Gasteiger partial charge in [0.25, 0.3) is 0 Å². The first kappa shape index (κ1) is 13.7. The fourth-order valence-corrected chi connectivity index (χ4v) is 2.83. The van der Waals surface area contributed by atoms with Crippen molar-refractivity contribution in [2.75, 3.05) is 10.5 Å². The molecule has 94 valence electrons. The van der Waals surface area contributed by atoms with Gasteiger partial charge < -0.3 is 0 Å². The molecule has 0 atom stereocenters. The minimum absolute atomic E-state index is 0.0724. The minimum atomic E-state index is -3.97. The number of primary sulfonamides is 1. The summed E-state index contributed by atoms with van der Waals surface area (Å²) in [6.07, 6.45) is 1.20. The Morgan fingerprint density at radius 1 is 1.24 bits per heavy atom. The smallest absolute Gasteiger partial charge is 0.240 e. The molecule has 1 aromatic carbocycles. The van der Waals surface area contributed by atoms with E-state index in [1.165, 1.54) is 30.3 Å². The zero-order valence-electron chi connectivity index (χ0n) is 8.83. The van der Waals surface area contributed by atoms with Gasteiger partial charge in [-0.05, 0) is 12.1 Å². The second kappa shape index (κ2) is 4.86. The van der Waals surface area contributed by atoms with Crippen LogP contribution >= 0.6 is 0 Å². The third-order valence-corrected chi connectivity index (χ3v) is 3.97. The third kappa shape index (κ3) is 3.84. The molecule has 0 amide bonds. The SMILES string of the molecule is C=CCS(=O)(=O)Nc1ccccc1S(N)(=O)=O. The van der Waals surface area contributed by atoms with Crippen LogP contribution in [-0.2, 0) is 20.0 Å². The van der Waals surface area contributed by atoms with Gasteiger partial charge in [0.1, 0.15) is 4.90 Å². The summed E-state index contributed by atoms with van der Waals surface area (Å²) in [5.41, 5.74) is -0.0724. The highest BCUT2D eigenvalue weighted by atomic mass is 32.2. The van der Waals surface area contributed by atoms with Crippen molar-refractivity contribution in [3.8, 4) is 0 Å². The van der Waals surface area contributed by atoms with Crippen LogP contribution < -0.4 is 9.86 Å². The molecule has 1 aromatic rings. The summed E-state index contributed by atoms with van der Waals surface area (Å²) in [4.78, 5) is -0.271. The summed E-state index contributed by atoms with van der Waals surface area (Å²) >= 11 is 0. The highest BCUT2D eigenvalue weighted by Crippen LogP contribution is 2.20. The van der Waals surface area contributed by atoms with Crippen LogP contribution in [0.4, 0.5) is 5.69 Å². The van der Waals surface area contributed by atoms with E-state index in [1.807, 2.05) is 0 Å². The maximum atomic E-state index is 11.5. The van der Waals surface area contributed by atoms with Crippen molar-refractivity contribution in [1.82, 2.24) is 0 Å². The zero-order valence-corrected chi connectivity index (χ0v) is 10.5. The maximum Gasteiger partial charge on any atom is 0.240 e. The van der Waals surface area contributed by atoms with Crippen LogP contribution in [0, 0.1) is 0 Å². The number of anilines is 1. The van der Waals surface area contributed by atoms with Gasteiger partial charge in [-0.15, -0.1) is 6.58 Å². The van der Waals surface area contributed by atoms with Crippen LogP contribution in [0.1, 0.15) is 0 Å². The Labute approximate surface area is 100 Å². The standard InChI is InChI=1S/C9H12N2O4S2/c1-2-7-16(12,13)11-8-5-3-4-6-9(8)17(10,14)15/h2-6,11H,1,7H2,(H2,10,14,15). The second-order valence-electron chi connectivity index (χ2n) is 3.21. The van der Waals surface area contributed by atoms with Crippen molar-refractivity contribution in [3.05, 3.63) is 36.9 Å². The molecule has 1 rings (SSSR count). The van der Waals surface area contributed by atoms with Crippen molar-refractivity contribution in [1.29, 1.82) is 0 Å². The molecule has 0 fully saturated rings. The van der Waals surface area contributed by atoms with Gasteiger partial charge >= 0.3 is 0 Å². The molecule has 17 heavy (non-hydrogen) atoms. The molecule has 3 N–H and O–H groups in total. The van der Waals surface area contributed by atoms with E-state index in [1.54, 1.807) is 0 Å². The molecule has 0 spiro atoms. The molecule has 0 saturated carbocycles. The molecular formula is C9H12N2O4S2.